The van der Waals surface area contributed by atoms with Gasteiger partial charge in [0, 0.05) is 31.4 Å². The Kier molecular flexibility index (Phi) is 8.02. The van der Waals surface area contributed by atoms with E-state index in [0.717, 1.165) is 30.3 Å². The summed E-state index contributed by atoms with van der Waals surface area (Å²) in [5.41, 5.74) is 0. The quantitative estimate of drug-likeness (QED) is 0.552. The molecule has 1 aromatic heterocycles. The van der Waals surface area contributed by atoms with Gasteiger partial charge in [0.2, 0.25) is 5.91 Å². The van der Waals surface area contributed by atoms with Gasteiger partial charge in [-0.1, -0.05) is 29.0 Å². The first kappa shape index (κ1) is 23.0. The average molecular weight is 478 g/mol. The molecule has 0 spiro atoms. The molecule has 172 valence electrons. The van der Waals surface area contributed by atoms with Crippen molar-refractivity contribution in [3.05, 3.63) is 40.4 Å². The van der Waals surface area contributed by atoms with Crippen LogP contribution in [0.1, 0.15) is 24.6 Å². The second-order valence-corrected chi connectivity index (χ2v) is 9.51. The van der Waals surface area contributed by atoms with Crippen molar-refractivity contribution in [3.8, 4) is 16.7 Å². The smallest absolute Gasteiger partial charge is 0.279 e. The van der Waals surface area contributed by atoms with Crippen molar-refractivity contribution in [2.75, 3.05) is 39.5 Å². The van der Waals surface area contributed by atoms with Crippen molar-refractivity contribution in [2.45, 2.75) is 25.8 Å². The second-order valence-electron chi connectivity index (χ2n) is 8.08. The van der Waals surface area contributed by atoms with Crippen LogP contribution < -0.4 is 14.8 Å². The fourth-order valence-corrected chi connectivity index (χ4v) is 4.09. The van der Waals surface area contributed by atoms with Crippen LogP contribution in [-0.4, -0.2) is 61.3 Å². The van der Waals surface area contributed by atoms with E-state index in [1.165, 1.54) is 24.2 Å². The molecule has 9 heteroatoms. The molecule has 1 aliphatic heterocycles. The van der Waals surface area contributed by atoms with Crippen LogP contribution in [0.3, 0.4) is 0 Å². The molecule has 4 rings (SSSR count). The third-order valence-electron chi connectivity index (χ3n) is 5.19. The van der Waals surface area contributed by atoms with Crippen molar-refractivity contribution in [1.29, 1.82) is 0 Å². The Labute approximate surface area is 197 Å². The van der Waals surface area contributed by atoms with Gasteiger partial charge in [-0.05, 0) is 43.9 Å². The van der Waals surface area contributed by atoms with E-state index in [-0.39, 0.29) is 11.9 Å². The van der Waals surface area contributed by atoms with Crippen molar-refractivity contribution < 1.29 is 19.0 Å². The lowest BCUT2D eigenvalue weighted by Gasteiger charge is -2.26. The highest BCUT2D eigenvalue weighted by Crippen LogP contribution is 2.35. The fraction of sp³-hybridized carbons (Fsp3) is 0.478. The highest BCUT2D eigenvalue weighted by Gasteiger charge is 2.22. The average Bonchev–Trinajstić information content (AvgIpc) is 3.50. The summed E-state index contributed by atoms with van der Waals surface area (Å²) < 4.78 is 16.9. The van der Waals surface area contributed by atoms with E-state index in [1.54, 1.807) is 18.3 Å². The molecule has 2 heterocycles. The maximum absolute atomic E-state index is 12.2. The number of carbonyl (C=O) groups excluding carboxylic acids is 1. The van der Waals surface area contributed by atoms with Crippen LogP contribution in [0.25, 0.3) is 6.08 Å². The summed E-state index contributed by atoms with van der Waals surface area (Å²) in [5, 5.41) is 3.98. The summed E-state index contributed by atoms with van der Waals surface area (Å²) >= 11 is 7.75. The zero-order valence-corrected chi connectivity index (χ0v) is 19.7. The predicted molar refractivity (Wildman–Crippen MR) is 126 cm³/mol. The number of benzene rings is 1. The minimum atomic E-state index is -0.0902. The van der Waals surface area contributed by atoms with Gasteiger partial charge in [-0.2, -0.15) is 0 Å². The number of ether oxygens (including phenoxy) is 3. The number of rotatable bonds is 10. The molecule has 0 unspecified atom stereocenters. The summed E-state index contributed by atoms with van der Waals surface area (Å²) in [6.45, 7) is 6.03. The number of nitrogens with one attached hydrogen (secondary N) is 1. The molecule has 1 saturated carbocycles. The Morgan fingerprint density at radius 3 is 2.97 bits per heavy atom. The molecule has 0 radical (unpaired) electrons. The first-order valence-electron chi connectivity index (χ1n) is 10.9. The summed E-state index contributed by atoms with van der Waals surface area (Å²) in [6.07, 6.45) is 8.10. The third-order valence-corrected chi connectivity index (χ3v) is 6.33. The molecular weight excluding hydrogens is 450 g/mol. The Morgan fingerprint density at radius 2 is 2.22 bits per heavy atom. The number of nitrogens with zero attached hydrogens (tertiary/aromatic N) is 2. The SMILES string of the molecule is C[C@@H](/C=C/c1cnc(Oc2ccc(OCC3CC3)cc2Cl)s1)NC(=O)CN1CCOCC1. The number of halogens is 1. The predicted octanol–water partition coefficient (Wildman–Crippen LogP) is 4.23. The molecule has 32 heavy (non-hydrogen) atoms. The van der Waals surface area contributed by atoms with Crippen LogP contribution in [0.2, 0.25) is 5.02 Å². The lowest BCUT2D eigenvalue weighted by Crippen LogP contribution is -2.44. The van der Waals surface area contributed by atoms with E-state index in [2.05, 4.69) is 15.2 Å². The van der Waals surface area contributed by atoms with Gasteiger partial charge in [0.1, 0.15) is 11.5 Å². The molecule has 1 saturated heterocycles. The maximum Gasteiger partial charge on any atom is 0.279 e. The first-order valence-corrected chi connectivity index (χ1v) is 12.1. The van der Waals surface area contributed by atoms with E-state index >= 15 is 0 Å². The number of morpholine rings is 1. The summed E-state index contributed by atoms with van der Waals surface area (Å²) in [5.74, 6) is 1.99. The molecule has 2 aromatic rings. The van der Waals surface area contributed by atoms with Gasteiger partial charge in [-0.15, -0.1) is 0 Å². The van der Waals surface area contributed by atoms with Gasteiger partial charge in [-0.3, -0.25) is 9.69 Å². The molecule has 1 atom stereocenters. The third kappa shape index (κ3) is 7.20. The van der Waals surface area contributed by atoms with Crippen LogP contribution in [0.5, 0.6) is 16.7 Å². The normalized spacial score (nSPS) is 17.9. The summed E-state index contributed by atoms with van der Waals surface area (Å²) in [6, 6.07) is 5.34. The Balaban J connectivity index is 1.24. The highest BCUT2D eigenvalue weighted by molar-refractivity contribution is 7.14. The van der Waals surface area contributed by atoms with Gasteiger partial charge < -0.3 is 19.5 Å². The second kappa shape index (κ2) is 11.1. The van der Waals surface area contributed by atoms with Crippen molar-refractivity contribution in [2.24, 2.45) is 5.92 Å². The van der Waals surface area contributed by atoms with Crippen molar-refractivity contribution in [3.63, 3.8) is 0 Å². The maximum atomic E-state index is 12.2. The van der Waals surface area contributed by atoms with E-state index in [1.807, 2.05) is 25.1 Å². The molecule has 1 amide bonds. The van der Waals surface area contributed by atoms with Crippen molar-refractivity contribution >= 4 is 34.9 Å². The van der Waals surface area contributed by atoms with E-state index in [4.69, 9.17) is 25.8 Å². The highest BCUT2D eigenvalue weighted by atomic mass is 35.5. The van der Waals surface area contributed by atoms with Crippen LogP contribution in [0.15, 0.2) is 30.5 Å². The number of carbonyl (C=O) groups is 1. The molecule has 0 bridgehead atoms. The minimum absolute atomic E-state index is 0.0107. The topological polar surface area (TPSA) is 72.9 Å². The van der Waals surface area contributed by atoms with Crippen LogP contribution in [0.4, 0.5) is 0 Å². The Morgan fingerprint density at radius 1 is 1.41 bits per heavy atom. The van der Waals surface area contributed by atoms with Crippen molar-refractivity contribution in [1.82, 2.24) is 15.2 Å². The molecule has 2 fully saturated rings. The van der Waals surface area contributed by atoms with E-state index in [9.17, 15) is 4.79 Å². The number of amides is 1. The molecule has 2 aliphatic rings. The zero-order chi connectivity index (χ0) is 22.3. The van der Waals surface area contributed by atoms with Gasteiger partial charge in [0.25, 0.3) is 5.19 Å². The fourth-order valence-electron chi connectivity index (χ4n) is 3.19. The minimum Gasteiger partial charge on any atom is -0.493 e. The van der Waals surface area contributed by atoms with E-state index < -0.39 is 0 Å². The van der Waals surface area contributed by atoms with Gasteiger partial charge in [0.15, 0.2) is 0 Å². The van der Waals surface area contributed by atoms with Crippen LogP contribution in [0, 0.1) is 5.92 Å². The first-order chi connectivity index (χ1) is 15.5. The number of hydrogen-bond acceptors (Lipinski definition) is 7. The Hall–Kier alpha value is -2.13. The standard InChI is InChI=1S/C23H28ClN3O4S/c1-16(26-22(28)14-27-8-10-29-11-9-27)2-6-19-13-25-23(32-19)31-21-7-5-18(12-20(21)24)30-15-17-3-4-17/h2,5-7,12-13,16-17H,3-4,8-11,14-15H2,1H3,(H,26,28)/b6-2+/t16-/m0/s1. The summed E-state index contributed by atoms with van der Waals surface area (Å²) in [4.78, 5) is 19.5. The Bertz CT molecular complexity index is 941. The molecule has 1 aliphatic carbocycles. The number of hydrogen-bond donors (Lipinski definition) is 1. The molecule has 7 nitrogen and oxygen atoms in total. The lowest BCUT2D eigenvalue weighted by atomic mass is 10.3. The lowest BCUT2D eigenvalue weighted by molar-refractivity contribution is -0.123. The van der Waals surface area contributed by atoms with Crippen LogP contribution >= 0.6 is 22.9 Å². The van der Waals surface area contributed by atoms with Crippen LogP contribution in [-0.2, 0) is 9.53 Å². The molecule has 1 N–H and O–H groups in total. The largest absolute Gasteiger partial charge is 0.493 e. The summed E-state index contributed by atoms with van der Waals surface area (Å²) in [7, 11) is 0. The molecular formula is C23H28ClN3O4S. The number of thiazole rings is 1. The monoisotopic (exact) mass is 477 g/mol. The van der Waals surface area contributed by atoms with E-state index in [0.29, 0.717) is 41.6 Å². The zero-order valence-electron chi connectivity index (χ0n) is 18.1. The number of aromatic nitrogens is 1. The van der Waals surface area contributed by atoms with Gasteiger partial charge in [0.05, 0.1) is 36.3 Å². The van der Waals surface area contributed by atoms with Gasteiger partial charge >= 0.3 is 0 Å². The van der Waals surface area contributed by atoms with Gasteiger partial charge in [-0.25, -0.2) is 4.98 Å². The molecule has 1 aromatic carbocycles.